The number of allylic oxidation sites excluding steroid dienone is 8. The van der Waals surface area contributed by atoms with Crippen molar-refractivity contribution in [2.75, 3.05) is 4.90 Å². The van der Waals surface area contributed by atoms with Gasteiger partial charge >= 0.3 is 0 Å². The second-order valence-electron chi connectivity index (χ2n) is 14.1. The van der Waals surface area contributed by atoms with Gasteiger partial charge in [-0.05, 0) is 62.0 Å². The molecule has 1 saturated heterocycles. The zero-order valence-electron chi connectivity index (χ0n) is 25.8. The lowest BCUT2D eigenvalue weighted by atomic mass is 9.83. The van der Waals surface area contributed by atoms with Gasteiger partial charge in [0.2, 0.25) is 5.82 Å². The van der Waals surface area contributed by atoms with Gasteiger partial charge in [-0.15, -0.1) is 0 Å². The molecule has 7 heteroatoms. The standard InChI is InChI=1S/C23H18F5N.C16H19N/c1-11-6-7-17-14(8-11)15-9-12-4-2-3-5-13(12)23(15)29(17)10-16-18(24)20(26)22(28)21(27)19(16)25;1-10-6-7-15-13(8-10)14-9-11-4-2-3-5-12(11)16(14)17-15/h2-8,12-13,15,23H,9-10H2,1H3;2-8,11-17H,9H2,1H3. The second-order valence-corrected chi connectivity index (χ2v) is 14.1. The van der Waals surface area contributed by atoms with Crippen LogP contribution in [0.1, 0.15) is 42.4 Å². The molecule has 3 fully saturated rings. The topological polar surface area (TPSA) is 15.3 Å². The van der Waals surface area contributed by atoms with Crippen LogP contribution < -0.4 is 10.2 Å². The number of aryl methyl sites for hydroxylation is 1. The van der Waals surface area contributed by atoms with Crippen LogP contribution in [0, 0.1) is 71.5 Å². The van der Waals surface area contributed by atoms with Crippen LogP contribution in [0.25, 0.3) is 0 Å². The molecular weight excluding hydrogens is 591 g/mol. The zero-order valence-corrected chi connectivity index (χ0v) is 25.8. The van der Waals surface area contributed by atoms with Gasteiger partial charge in [-0.1, -0.05) is 90.1 Å². The van der Waals surface area contributed by atoms with Crippen LogP contribution in [0.5, 0.6) is 0 Å². The third-order valence-corrected chi connectivity index (χ3v) is 11.5. The predicted octanol–water partition coefficient (Wildman–Crippen LogP) is 8.76. The number of rotatable bonds is 2. The van der Waals surface area contributed by atoms with Gasteiger partial charge in [-0.2, -0.15) is 0 Å². The molecule has 7 aliphatic rings. The first-order valence-electron chi connectivity index (χ1n) is 16.4. The molecule has 10 unspecified atom stereocenters. The third-order valence-electron chi connectivity index (χ3n) is 11.5. The molecular formula is C39H37F5N2. The van der Waals surface area contributed by atoms with Crippen LogP contribution in [0.15, 0.2) is 90.6 Å². The summed E-state index contributed by atoms with van der Waals surface area (Å²) in [7, 11) is 0. The monoisotopic (exact) mass is 628 g/mol. The molecule has 0 bridgehead atoms. The van der Waals surface area contributed by atoms with Gasteiger partial charge in [0.05, 0.1) is 0 Å². The molecule has 2 aromatic carbocycles. The Morgan fingerprint density at radius 3 is 2.13 bits per heavy atom. The smallest absolute Gasteiger partial charge is 0.200 e. The maximum atomic E-state index is 14.4. The molecule has 0 aromatic heterocycles. The van der Waals surface area contributed by atoms with Crippen LogP contribution >= 0.6 is 0 Å². The highest BCUT2D eigenvalue weighted by atomic mass is 19.2. The van der Waals surface area contributed by atoms with Gasteiger partial charge in [0.1, 0.15) is 0 Å². The molecule has 0 amide bonds. The first-order chi connectivity index (χ1) is 22.2. The Kier molecular flexibility index (Phi) is 7.24. The maximum absolute atomic E-state index is 14.4. The van der Waals surface area contributed by atoms with Crippen LogP contribution in [0.3, 0.4) is 0 Å². The lowest BCUT2D eigenvalue weighted by Crippen LogP contribution is -2.37. The van der Waals surface area contributed by atoms with Crippen molar-refractivity contribution in [3.63, 3.8) is 0 Å². The Labute approximate surface area is 266 Å². The van der Waals surface area contributed by atoms with Crippen molar-refractivity contribution in [2.45, 2.75) is 57.3 Å². The predicted molar refractivity (Wildman–Crippen MR) is 170 cm³/mol. The van der Waals surface area contributed by atoms with E-state index in [2.05, 4.69) is 73.0 Å². The van der Waals surface area contributed by atoms with Crippen LogP contribution in [0.4, 0.5) is 27.6 Å². The van der Waals surface area contributed by atoms with E-state index in [9.17, 15) is 22.0 Å². The van der Waals surface area contributed by atoms with Gasteiger partial charge in [0.25, 0.3) is 0 Å². The molecule has 46 heavy (non-hydrogen) atoms. The third kappa shape index (κ3) is 4.60. The summed E-state index contributed by atoms with van der Waals surface area (Å²) in [5, 5.41) is 3.86. The number of hydrogen-bond acceptors (Lipinski definition) is 2. The molecule has 1 N–H and O–H groups in total. The van der Waals surface area contributed by atoms with Crippen molar-refractivity contribution < 1.29 is 22.0 Å². The Morgan fingerprint density at radius 1 is 0.739 bits per heavy atom. The number of benzene rings is 2. The number of fused-ring (bicyclic) bond motifs is 10. The fourth-order valence-corrected chi connectivity index (χ4v) is 9.55. The molecule has 2 nitrogen and oxygen atoms in total. The SMILES string of the molecule is CC1=CC2C(C=C1)NC1C3C=CC=CC3CC21.Cc1ccc2c(c1)C1CC3C=CC=CC3C1N2Cc1c(F)c(F)c(F)c(F)c1F. The summed E-state index contributed by atoms with van der Waals surface area (Å²) in [4.78, 5) is 1.83. The number of nitrogens with one attached hydrogen (secondary N) is 1. The van der Waals surface area contributed by atoms with E-state index in [0.29, 0.717) is 18.0 Å². The number of halogens is 5. The van der Waals surface area contributed by atoms with Crippen molar-refractivity contribution in [2.24, 2.45) is 35.5 Å². The largest absolute Gasteiger partial charge is 0.363 e. The van der Waals surface area contributed by atoms with E-state index in [1.165, 1.54) is 12.0 Å². The highest BCUT2D eigenvalue weighted by molar-refractivity contribution is 5.65. The van der Waals surface area contributed by atoms with Gasteiger partial charge in [-0.3, -0.25) is 0 Å². The number of anilines is 1. The minimum absolute atomic E-state index is 0.0898. The molecule has 0 radical (unpaired) electrons. The fourth-order valence-electron chi connectivity index (χ4n) is 9.55. The summed E-state index contributed by atoms with van der Waals surface area (Å²) < 4.78 is 69.8. The number of nitrogens with zero attached hydrogens (tertiary/aromatic N) is 1. The maximum Gasteiger partial charge on any atom is 0.200 e. The Morgan fingerprint density at radius 2 is 1.39 bits per heavy atom. The van der Waals surface area contributed by atoms with E-state index in [-0.39, 0.29) is 24.4 Å². The van der Waals surface area contributed by atoms with E-state index in [4.69, 9.17) is 0 Å². The van der Waals surface area contributed by atoms with Gasteiger partial charge in [0.15, 0.2) is 23.3 Å². The molecule has 238 valence electrons. The first-order valence-corrected chi connectivity index (χ1v) is 16.4. The summed E-state index contributed by atoms with van der Waals surface area (Å²) in [6.07, 6.45) is 26.8. The first kappa shape index (κ1) is 29.7. The Balaban J connectivity index is 0.000000155. The van der Waals surface area contributed by atoms with E-state index in [0.717, 1.165) is 46.9 Å². The molecule has 9 rings (SSSR count). The molecule has 2 aromatic rings. The van der Waals surface area contributed by atoms with Crippen molar-refractivity contribution in [1.82, 2.24) is 5.32 Å². The Hall–Kier alpha value is -3.71. The van der Waals surface area contributed by atoms with E-state index in [1.54, 1.807) is 0 Å². The van der Waals surface area contributed by atoms with Gasteiger partial charge in [0, 0.05) is 53.7 Å². The van der Waals surface area contributed by atoms with Crippen LogP contribution in [-0.2, 0) is 6.54 Å². The van der Waals surface area contributed by atoms with Gasteiger partial charge < -0.3 is 10.2 Å². The summed E-state index contributed by atoms with van der Waals surface area (Å²) in [5.74, 6) is -5.79. The fraction of sp³-hybridized carbons (Fsp3) is 0.385. The summed E-state index contributed by atoms with van der Waals surface area (Å²) in [6.45, 7) is 3.83. The van der Waals surface area contributed by atoms with Crippen molar-refractivity contribution in [1.29, 1.82) is 0 Å². The number of hydrogen-bond donors (Lipinski definition) is 1. The van der Waals surface area contributed by atoms with Crippen molar-refractivity contribution in [3.8, 4) is 0 Å². The van der Waals surface area contributed by atoms with E-state index < -0.39 is 34.6 Å². The van der Waals surface area contributed by atoms with E-state index >= 15 is 0 Å². The lowest BCUT2D eigenvalue weighted by Gasteiger charge is -2.33. The van der Waals surface area contributed by atoms with E-state index in [1.807, 2.05) is 36.1 Å². The van der Waals surface area contributed by atoms with Crippen molar-refractivity contribution >= 4 is 5.69 Å². The highest BCUT2D eigenvalue weighted by Gasteiger charge is 2.52. The average molecular weight is 629 g/mol. The molecule has 10 atom stereocenters. The van der Waals surface area contributed by atoms with Crippen LogP contribution in [0.2, 0.25) is 0 Å². The lowest BCUT2D eigenvalue weighted by molar-refractivity contribution is 0.366. The zero-order chi connectivity index (χ0) is 31.9. The Bertz CT molecular complexity index is 1740. The molecule has 5 aliphatic carbocycles. The summed E-state index contributed by atoms with van der Waals surface area (Å²) in [6, 6.07) is 7.05. The second kappa shape index (κ2) is 11.2. The minimum Gasteiger partial charge on any atom is -0.363 e. The van der Waals surface area contributed by atoms with Gasteiger partial charge in [-0.25, -0.2) is 22.0 Å². The summed E-state index contributed by atoms with van der Waals surface area (Å²) in [5.41, 5.74) is 3.61. The normalized spacial score (nSPS) is 35.2. The average Bonchev–Trinajstić information content (AvgIpc) is 3.79. The molecule has 0 spiro atoms. The van der Waals surface area contributed by atoms with Crippen LogP contribution in [-0.4, -0.2) is 18.1 Å². The molecule has 2 heterocycles. The summed E-state index contributed by atoms with van der Waals surface area (Å²) >= 11 is 0. The minimum atomic E-state index is -2.12. The quantitative estimate of drug-likeness (QED) is 0.203. The molecule has 2 saturated carbocycles. The highest BCUT2D eigenvalue weighted by Crippen LogP contribution is 2.56. The van der Waals surface area contributed by atoms with Crippen molar-refractivity contribution in [3.05, 3.63) is 136 Å². The molecule has 2 aliphatic heterocycles.